The van der Waals surface area contributed by atoms with Gasteiger partial charge in [0.25, 0.3) is 0 Å². The number of nitrogens with zero attached hydrogens (tertiary/aromatic N) is 1. The van der Waals surface area contributed by atoms with Crippen molar-refractivity contribution < 1.29 is 4.42 Å². The lowest BCUT2D eigenvalue weighted by atomic mass is 10.1. The Kier molecular flexibility index (Phi) is 2.64. The van der Waals surface area contributed by atoms with Gasteiger partial charge in [0.15, 0.2) is 11.5 Å². The van der Waals surface area contributed by atoms with E-state index in [1.807, 2.05) is 42.5 Å². The van der Waals surface area contributed by atoms with Gasteiger partial charge in [-0.1, -0.05) is 42.5 Å². The van der Waals surface area contributed by atoms with Crippen LogP contribution in [0.5, 0.6) is 0 Å². The average Bonchev–Trinajstić information content (AvgIpc) is 2.92. The lowest BCUT2D eigenvalue weighted by molar-refractivity contribution is 0.544. The zero-order chi connectivity index (χ0) is 14.2. The molecule has 102 valence electrons. The van der Waals surface area contributed by atoms with Crippen LogP contribution >= 0.6 is 0 Å². The molecule has 3 heteroatoms. The fourth-order valence-electron chi connectivity index (χ4n) is 2.59. The molecule has 0 aliphatic heterocycles. The third-order valence-corrected chi connectivity index (χ3v) is 3.66. The maximum absolute atomic E-state index is 5.87. The number of hydrogen-bond acceptors (Lipinski definition) is 3. The van der Waals surface area contributed by atoms with Gasteiger partial charge in [-0.3, -0.25) is 0 Å². The average molecular weight is 274 g/mol. The van der Waals surface area contributed by atoms with Crippen LogP contribution in [0.3, 0.4) is 0 Å². The van der Waals surface area contributed by atoms with Crippen molar-refractivity contribution in [3.63, 3.8) is 0 Å². The van der Waals surface area contributed by atoms with E-state index in [9.17, 15) is 0 Å². The van der Waals surface area contributed by atoms with Crippen LogP contribution in [-0.4, -0.2) is 4.98 Å². The standard InChI is InChI=1S/C18H14N2O/c19-14-8-5-12(6-9-14)11-17-20-18-15-4-2-1-3-13(15)7-10-16(18)21-17/h1-10H,11,19H2. The molecule has 0 saturated heterocycles. The number of rotatable bonds is 2. The first kappa shape index (κ1) is 12.0. The van der Waals surface area contributed by atoms with Gasteiger partial charge in [0, 0.05) is 17.5 Å². The molecule has 0 aliphatic rings. The SMILES string of the molecule is Nc1ccc(Cc2nc3c(ccc4ccccc43)o2)cc1. The van der Waals surface area contributed by atoms with Crippen LogP contribution in [0, 0.1) is 0 Å². The van der Waals surface area contributed by atoms with Gasteiger partial charge in [0.05, 0.1) is 0 Å². The Morgan fingerprint density at radius 1 is 0.905 bits per heavy atom. The second-order valence-electron chi connectivity index (χ2n) is 5.16. The third-order valence-electron chi connectivity index (χ3n) is 3.66. The van der Waals surface area contributed by atoms with E-state index in [2.05, 4.69) is 23.2 Å². The molecule has 0 bridgehead atoms. The van der Waals surface area contributed by atoms with E-state index in [0.29, 0.717) is 6.42 Å². The minimum Gasteiger partial charge on any atom is -0.440 e. The number of aromatic nitrogens is 1. The molecular weight excluding hydrogens is 260 g/mol. The molecule has 0 amide bonds. The molecule has 0 spiro atoms. The van der Waals surface area contributed by atoms with Gasteiger partial charge in [-0.15, -0.1) is 0 Å². The Labute approximate surface area is 122 Å². The van der Waals surface area contributed by atoms with Gasteiger partial charge in [0.2, 0.25) is 0 Å². The fourth-order valence-corrected chi connectivity index (χ4v) is 2.59. The minimum atomic E-state index is 0.670. The molecule has 21 heavy (non-hydrogen) atoms. The van der Waals surface area contributed by atoms with Crippen molar-refractivity contribution in [1.29, 1.82) is 0 Å². The molecule has 0 atom stereocenters. The summed E-state index contributed by atoms with van der Waals surface area (Å²) < 4.78 is 5.87. The molecule has 0 radical (unpaired) electrons. The topological polar surface area (TPSA) is 52.0 Å². The van der Waals surface area contributed by atoms with Gasteiger partial charge in [-0.2, -0.15) is 0 Å². The minimum absolute atomic E-state index is 0.670. The highest BCUT2D eigenvalue weighted by molar-refractivity contribution is 6.03. The molecule has 0 unspecified atom stereocenters. The van der Waals surface area contributed by atoms with Crippen LogP contribution in [0.25, 0.3) is 21.9 Å². The number of nitrogen functional groups attached to an aromatic ring is 1. The monoisotopic (exact) mass is 274 g/mol. The largest absolute Gasteiger partial charge is 0.440 e. The van der Waals surface area contributed by atoms with Crippen molar-refractivity contribution in [2.75, 3.05) is 5.73 Å². The predicted molar refractivity (Wildman–Crippen MR) is 85.2 cm³/mol. The Bertz CT molecular complexity index is 923. The van der Waals surface area contributed by atoms with Gasteiger partial charge >= 0.3 is 0 Å². The number of benzene rings is 3. The number of nitrogens with two attached hydrogens (primary N) is 1. The Morgan fingerprint density at radius 3 is 2.57 bits per heavy atom. The van der Waals surface area contributed by atoms with Crippen molar-refractivity contribution in [3.05, 3.63) is 72.1 Å². The van der Waals surface area contributed by atoms with Crippen molar-refractivity contribution in [1.82, 2.24) is 4.98 Å². The summed E-state index contributed by atoms with van der Waals surface area (Å²) >= 11 is 0. The molecule has 3 nitrogen and oxygen atoms in total. The van der Waals surface area contributed by atoms with E-state index in [-0.39, 0.29) is 0 Å². The van der Waals surface area contributed by atoms with Gasteiger partial charge < -0.3 is 10.2 Å². The van der Waals surface area contributed by atoms with E-state index in [1.165, 1.54) is 5.39 Å². The van der Waals surface area contributed by atoms with E-state index >= 15 is 0 Å². The summed E-state index contributed by atoms with van der Waals surface area (Å²) in [4.78, 5) is 4.66. The fraction of sp³-hybridized carbons (Fsp3) is 0.0556. The lowest BCUT2D eigenvalue weighted by Crippen LogP contribution is -1.89. The Morgan fingerprint density at radius 2 is 1.71 bits per heavy atom. The molecule has 0 fully saturated rings. The Balaban J connectivity index is 1.79. The molecule has 4 rings (SSSR count). The summed E-state index contributed by atoms with van der Waals surface area (Å²) in [5.41, 5.74) is 9.37. The highest BCUT2D eigenvalue weighted by Crippen LogP contribution is 2.26. The van der Waals surface area contributed by atoms with Crippen molar-refractivity contribution in [3.8, 4) is 0 Å². The van der Waals surface area contributed by atoms with Crippen LogP contribution in [-0.2, 0) is 6.42 Å². The molecule has 1 heterocycles. The van der Waals surface area contributed by atoms with E-state index in [4.69, 9.17) is 10.2 Å². The summed E-state index contributed by atoms with van der Waals surface area (Å²) in [7, 11) is 0. The molecule has 4 aromatic rings. The molecule has 1 aromatic heterocycles. The highest BCUT2D eigenvalue weighted by atomic mass is 16.3. The first-order valence-electron chi connectivity index (χ1n) is 6.91. The summed E-state index contributed by atoms with van der Waals surface area (Å²) in [5, 5.41) is 2.31. The summed E-state index contributed by atoms with van der Waals surface area (Å²) in [6.45, 7) is 0. The summed E-state index contributed by atoms with van der Waals surface area (Å²) in [5.74, 6) is 0.728. The van der Waals surface area contributed by atoms with Gasteiger partial charge in [0.1, 0.15) is 5.52 Å². The number of oxazole rings is 1. The van der Waals surface area contributed by atoms with E-state index < -0.39 is 0 Å². The third kappa shape index (κ3) is 2.13. The van der Waals surface area contributed by atoms with Crippen LogP contribution in [0.15, 0.2) is 65.1 Å². The highest BCUT2D eigenvalue weighted by Gasteiger charge is 2.09. The van der Waals surface area contributed by atoms with Crippen LogP contribution in [0.4, 0.5) is 5.69 Å². The van der Waals surface area contributed by atoms with Gasteiger partial charge in [-0.05, 0) is 29.1 Å². The molecule has 0 saturated carbocycles. The quantitative estimate of drug-likeness (QED) is 0.558. The molecular formula is C18H14N2O. The van der Waals surface area contributed by atoms with Crippen molar-refractivity contribution >= 4 is 27.6 Å². The Hall–Kier alpha value is -2.81. The first-order valence-corrected chi connectivity index (χ1v) is 6.91. The summed E-state index contributed by atoms with van der Waals surface area (Å²) in [6, 6.07) is 20.1. The second kappa shape index (κ2) is 4.63. The van der Waals surface area contributed by atoms with E-state index in [1.54, 1.807) is 0 Å². The lowest BCUT2D eigenvalue weighted by Gasteiger charge is -1.97. The zero-order valence-electron chi connectivity index (χ0n) is 11.4. The molecule has 2 N–H and O–H groups in total. The normalized spacial score (nSPS) is 11.2. The zero-order valence-corrected chi connectivity index (χ0v) is 11.4. The second-order valence-corrected chi connectivity index (χ2v) is 5.16. The van der Waals surface area contributed by atoms with Crippen LogP contribution < -0.4 is 5.73 Å². The van der Waals surface area contributed by atoms with Crippen molar-refractivity contribution in [2.24, 2.45) is 0 Å². The summed E-state index contributed by atoms with van der Waals surface area (Å²) in [6.07, 6.45) is 0.670. The van der Waals surface area contributed by atoms with E-state index in [0.717, 1.165) is 33.6 Å². The van der Waals surface area contributed by atoms with Crippen LogP contribution in [0.2, 0.25) is 0 Å². The molecule has 3 aromatic carbocycles. The predicted octanol–water partition coefficient (Wildman–Crippen LogP) is 4.15. The van der Waals surface area contributed by atoms with Gasteiger partial charge in [-0.25, -0.2) is 4.98 Å². The number of anilines is 1. The van der Waals surface area contributed by atoms with Crippen molar-refractivity contribution in [2.45, 2.75) is 6.42 Å². The maximum Gasteiger partial charge on any atom is 0.199 e. The maximum atomic E-state index is 5.87. The first-order chi connectivity index (χ1) is 10.3. The molecule has 0 aliphatic carbocycles. The number of fused-ring (bicyclic) bond motifs is 3. The number of hydrogen-bond donors (Lipinski definition) is 1. The van der Waals surface area contributed by atoms with Crippen LogP contribution in [0.1, 0.15) is 11.5 Å². The smallest absolute Gasteiger partial charge is 0.199 e.